The molecule has 25 heavy (non-hydrogen) atoms. The van der Waals surface area contributed by atoms with Gasteiger partial charge in [0.25, 0.3) is 0 Å². The van der Waals surface area contributed by atoms with E-state index in [0.29, 0.717) is 17.1 Å². The van der Waals surface area contributed by atoms with Crippen LogP contribution in [0.1, 0.15) is 21.9 Å². The third-order valence-electron chi connectivity index (χ3n) is 3.41. The quantitative estimate of drug-likeness (QED) is 0.653. The molecule has 3 rings (SSSR count). The van der Waals surface area contributed by atoms with Crippen LogP contribution in [0.15, 0.2) is 36.7 Å². The normalized spacial score (nSPS) is 10.5. The second kappa shape index (κ2) is 7.04. The molecule has 2 aromatic heterocycles. The van der Waals surface area contributed by atoms with Crippen molar-refractivity contribution in [2.75, 3.05) is 7.11 Å². The molecule has 0 aliphatic rings. The fourth-order valence-corrected chi connectivity index (χ4v) is 2.08. The first-order valence-electron chi connectivity index (χ1n) is 7.28. The van der Waals surface area contributed by atoms with Crippen LogP contribution in [0.3, 0.4) is 0 Å². The highest BCUT2D eigenvalue weighted by atomic mass is 19.1. The Labute approximate surface area is 142 Å². The molecule has 9 heteroatoms. The molecule has 8 nitrogen and oxygen atoms in total. The molecule has 0 N–H and O–H groups in total. The van der Waals surface area contributed by atoms with E-state index in [1.54, 1.807) is 23.7 Å². The van der Waals surface area contributed by atoms with E-state index in [1.807, 2.05) is 0 Å². The number of rotatable bonds is 5. The summed E-state index contributed by atoms with van der Waals surface area (Å²) in [7, 11) is 1.26. The molecule has 0 saturated heterocycles. The zero-order valence-electron chi connectivity index (χ0n) is 13.5. The van der Waals surface area contributed by atoms with Crippen molar-refractivity contribution >= 4 is 5.97 Å². The summed E-state index contributed by atoms with van der Waals surface area (Å²) in [6.45, 7) is 1.92. The molecule has 2 heterocycles. The van der Waals surface area contributed by atoms with Crippen LogP contribution in [0.4, 0.5) is 4.39 Å². The molecule has 0 aliphatic heterocycles. The number of aryl methyl sites for hydroxylation is 1. The summed E-state index contributed by atoms with van der Waals surface area (Å²) in [5.41, 5.74) is 2.10. The lowest BCUT2D eigenvalue weighted by Crippen LogP contribution is -2.09. The van der Waals surface area contributed by atoms with Gasteiger partial charge >= 0.3 is 5.97 Å². The van der Waals surface area contributed by atoms with Gasteiger partial charge in [-0.25, -0.2) is 23.8 Å². The van der Waals surface area contributed by atoms with Crippen molar-refractivity contribution in [2.45, 2.75) is 13.5 Å². The van der Waals surface area contributed by atoms with Gasteiger partial charge in [0.2, 0.25) is 5.88 Å². The molecule has 0 atom stereocenters. The van der Waals surface area contributed by atoms with Gasteiger partial charge in [0.15, 0.2) is 5.69 Å². The first kappa shape index (κ1) is 16.5. The Morgan fingerprint density at radius 3 is 2.60 bits per heavy atom. The van der Waals surface area contributed by atoms with Crippen molar-refractivity contribution in [1.29, 1.82) is 0 Å². The molecule has 128 valence electrons. The van der Waals surface area contributed by atoms with E-state index in [9.17, 15) is 9.18 Å². The Hall–Kier alpha value is -3.36. The van der Waals surface area contributed by atoms with Crippen molar-refractivity contribution < 1.29 is 18.7 Å². The molecule has 0 bridgehead atoms. The number of nitrogens with zero attached hydrogens (tertiary/aromatic N) is 5. The topological polar surface area (TPSA) is 92.0 Å². The fraction of sp³-hybridized carbons (Fsp3) is 0.188. The van der Waals surface area contributed by atoms with E-state index < -0.39 is 5.97 Å². The Kier molecular flexibility index (Phi) is 4.64. The molecular weight excluding hydrogens is 329 g/mol. The predicted molar refractivity (Wildman–Crippen MR) is 83.8 cm³/mol. The Morgan fingerprint density at radius 2 is 1.96 bits per heavy atom. The molecule has 0 aliphatic carbocycles. The van der Waals surface area contributed by atoms with Crippen LogP contribution >= 0.6 is 0 Å². The second-order valence-electron chi connectivity index (χ2n) is 5.03. The Morgan fingerprint density at radius 1 is 1.20 bits per heavy atom. The molecule has 0 saturated carbocycles. The van der Waals surface area contributed by atoms with Crippen LogP contribution in [0, 0.1) is 12.7 Å². The SMILES string of the molecule is COC(=O)c1cnc(OCc2c(C)nnn2-c2ccc(F)cc2)cn1. The number of carbonyl (C=O) groups is 1. The van der Waals surface area contributed by atoms with Crippen molar-refractivity contribution in [2.24, 2.45) is 0 Å². The smallest absolute Gasteiger partial charge is 0.358 e. The van der Waals surface area contributed by atoms with Crippen LogP contribution < -0.4 is 4.74 Å². The van der Waals surface area contributed by atoms with Crippen molar-refractivity contribution in [3.63, 3.8) is 0 Å². The Bertz CT molecular complexity index is 878. The highest BCUT2D eigenvalue weighted by molar-refractivity contribution is 5.86. The van der Waals surface area contributed by atoms with E-state index >= 15 is 0 Å². The highest BCUT2D eigenvalue weighted by Crippen LogP contribution is 2.15. The van der Waals surface area contributed by atoms with Gasteiger partial charge in [0.1, 0.15) is 18.1 Å². The zero-order chi connectivity index (χ0) is 17.8. The summed E-state index contributed by atoms with van der Waals surface area (Å²) in [6.07, 6.45) is 2.59. The van der Waals surface area contributed by atoms with Crippen molar-refractivity contribution in [1.82, 2.24) is 25.0 Å². The van der Waals surface area contributed by atoms with Gasteiger partial charge in [-0.15, -0.1) is 5.10 Å². The lowest BCUT2D eigenvalue weighted by Gasteiger charge is -2.08. The molecule has 0 amide bonds. The second-order valence-corrected chi connectivity index (χ2v) is 5.03. The van der Waals surface area contributed by atoms with Crippen LogP contribution in [0.25, 0.3) is 5.69 Å². The van der Waals surface area contributed by atoms with Gasteiger partial charge in [0, 0.05) is 0 Å². The van der Waals surface area contributed by atoms with Crippen LogP contribution in [-0.2, 0) is 11.3 Å². The standard InChI is InChI=1S/C16H14FN5O3/c1-10-14(22(21-20-10)12-5-3-11(17)4-6-12)9-25-15-8-18-13(7-19-15)16(23)24-2/h3-8H,9H2,1-2H3. The van der Waals surface area contributed by atoms with Gasteiger partial charge < -0.3 is 9.47 Å². The first-order valence-corrected chi connectivity index (χ1v) is 7.28. The minimum absolute atomic E-state index is 0.0871. The maximum Gasteiger partial charge on any atom is 0.358 e. The van der Waals surface area contributed by atoms with Crippen LogP contribution in [0.2, 0.25) is 0 Å². The number of esters is 1. The fourth-order valence-electron chi connectivity index (χ4n) is 2.08. The summed E-state index contributed by atoms with van der Waals surface area (Å²) >= 11 is 0. The van der Waals surface area contributed by atoms with Crippen molar-refractivity contribution in [3.05, 3.63) is 59.6 Å². The summed E-state index contributed by atoms with van der Waals surface area (Å²) in [4.78, 5) is 19.3. The molecule has 0 unspecified atom stereocenters. The predicted octanol–water partition coefficient (Wildman–Crippen LogP) is 1.87. The molecule has 0 radical (unpaired) electrons. The first-order chi connectivity index (χ1) is 12.1. The van der Waals surface area contributed by atoms with Gasteiger partial charge in [-0.05, 0) is 31.2 Å². The molecule has 3 aromatic rings. The van der Waals surface area contributed by atoms with E-state index in [-0.39, 0.29) is 24.0 Å². The minimum Gasteiger partial charge on any atom is -0.470 e. The number of halogens is 1. The average molecular weight is 343 g/mol. The van der Waals surface area contributed by atoms with Gasteiger partial charge in [-0.3, -0.25) is 0 Å². The molecular formula is C16H14FN5O3. The van der Waals surface area contributed by atoms with Gasteiger partial charge in [-0.1, -0.05) is 5.21 Å². The summed E-state index contributed by atoms with van der Waals surface area (Å²) in [5.74, 6) is -0.674. The lowest BCUT2D eigenvalue weighted by molar-refractivity contribution is 0.0593. The molecule has 0 spiro atoms. The number of carbonyl (C=O) groups excluding carboxylic acids is 1. The van der Waals surface area contributed by atoms with Gasteiger partial charge in [-0.2, -0.15) is 0 Å². The monoisotopic (exact) mass is 343 g/mol. The van der Waals surface area contributed by atoms with E-state index in [1.165, 1.54) is 31.6 Å². The van der Waals surface area contributed by atoms with E-state index in [0.717, 1.165) is 0 Å². The summed E-state index contributed by atoms with van der Waals surface area (Å²) < 4.78 is 24.8. The third-order valence-corrected chi connectivity index (χ3v) is 3.41. The van der Waals surface area contributed by atoms with E-state index in [2.05, 4.69) is 25.0 Å². The van der Waals surface area contributed by atoms with Crippen LogP contribution in [-0.4, -0.2) is 38.0 Å². The number of benzene rings is 1. The van der Waals surface area contributed by atoms with Gasteiger partial charge in [0.05, 0.1) is 30.9 Å². The number of hydrogen-bond donors (Lipinski definition) is 0. The van der Waals surface area contributed by atoms with Crippen LogP contribution in [0.5, 0.6) is 5.88 Å². The number of hydrogen-bond acceptors (Lipinski definition) is 7. The zero-order valence-corrected chi connectivity index (χ0v) is 13.5. The maximum atomic E-state index is 13.1. The largest absolute Gasteiger partial charge is 0.470 e. The minimum atomic E-state index is -0.575. The number of methoxy groups -OCH3 is 1. The average Bonchev–Trinajstić information content (AvgIpc) is 3.01. The Balaban J connectivity index is 1.76. The van der Waals surface area contributed by atoms with E-state index in [4.69, 9.17) is 4.74 Å². The third kappa shape index (κ3) is 3.60. The summed E-state index contributed by atoms with van der Waals surface area (Å²) in [5, 5.41) is 8.06. The van der Waals surface area contributed by atoms with Crippen molar-refractivity contribution in [3.8, 4) is 11.6 Å². The number of ether oxygens (including phenoxy) is 2. The molecule has 1 aromatic carbocycles. The molecule has 0 fully saturated rings. The number of aromatic nitrogens is 5. The maximum absolute atomic E-state index is 13.1. The highest BCUT2D eigenvalue weighted by Gasteiger charge is 2.13. The summed E-state index contributed by atoms with van der Waals surface area (Å²) in [6, 6.07) is 5.87. The lowest BCUT2D eigenvalue weighted by atomic mass is 10.3.